The maximum atomic E-state index is 11.2. The molecular formula is C123H169ClO14S3. The molecule has 2 fully saturated rings. The second-order valence-electron chi connectivity index (χ2n) is 39.3. The van der Waals surface area contributed by atoms with Crippen molar-refractivity contribution in [3.8, 4) is 28.7 Å². The molecule has 770 valence electrons. The van der Waals surface area contributed by atoms with Gasteiger partial charge in [0.15, 0.2) is 0 Å². The van der Waals surface area contributed by atoms with Gasteiger partial charge in [-0.1, -0.05) is 281 Å². The van der Waals surface area contributed by atoms with Crippen LogP contribution in [0.2, 0.25) is 5.02 Å². The lowest BCUT2D eigenvalue weighted by Gasteiger charge is -2.21. The number of rotatable bonds is 51. The van der Waals surface area contributed by atoms with Gasteiger partial charge in [-0.15, -0.1) is 35.3 Å². The monoisotopic (exact) mass is 2000 g/mol. The van der Waals surface area contributed by atoms with Crippen LogP contribution >= 0.6 is 46.9 Å². The third kappa shape index (κ3) is 54.0. The van der Waals surface area contributed by atoms with Crippen LogP contribution in [0.25, 0.3) is 0 Å². The first-order chi connectivity index (χ1) is 67.5. The van der Waals surface area contributed by atoms with Gasteiger partial charge in [0.25, 0.3) is 0 Å². The first-order valence-corrected chi connectivity index (χ1v) is 54.5. The molecule has 9 aromatic rings. The third-order valence-electron chi connectivity index (χ3n) is 22.8. The largest absolute Gasteiger partial charge is 0.493 e. The molecule has 3 aliphatic rings. The molecule has 141 heavy (non-hydrogen) atoms. The predicted octanol–water partition coefficient (Wildman–Crippen LogP) is 32.3. The number of thioether (sulfide) groups is 3. The Hall–Kier alpha value is -8.98. The molecule has 14 nitrogen and oxygen atoms in total. The van der Waals surface area contributed by atoms with Crippen LogP contribution in [0, 0.1) is 11.8 Å². The number of epoxide rings is 1. The van der Waals surface area contributed by atoms with Gasteiger partial charge in [-0.3, -0.25) is 0 Å². The van der Waals surface area contributed by atoms with Crippen LogP contribution in [0.3, 0.4) is 0 Å². The Balaban J connectivity index is 0.000000254. The van der Waals surface area contributed by atoms with Crippen LogP contribution in [0.15, 0.2) is 282 Å². The van der Waals surface area contributed by atoms with Gasteiger partial charge in [-0.05, 0) is 294 Å². The SMILES string of the molecule is C=C(C)C(=O)OCCCc1ccc(C(C)C)cc1.C=CC(=O)OCCCc1ccc(C(C)C)cc1.CC(C)OC(COc1ccc(C(C)C)cc1)CSC1=CCC=C1.CC(C)OC(COc1ccc(C(C)C)cc1)CSc1ccc(Cl)cc1.CC(C)OC(COc1ccc(C(C)C)cc1)CSc1ccccc1.CC(C)c1ccc(OCC(OCC2CO2)C(C)C)cc1.CC(C)c1ccc(OCC2CC2)cc1. The molecule has 0 amide bonds. The first-order valence-electron chi connectivity index (χ1n) is 51.2. The molecule has 1 aliphatic heterocycles. The summed E-state index contributed by atoms with van der Waals surface area (Å²) in [4.78, 5) is 25.7. The summed E-state index contributed by atoms with van der Waals surface area (Å²) in [5.74, 6) is 11.8. The molecule has 12 rings (SSSR count). The van der Waals surface area contributed by atoms with E-state index in [1.54, 1.807) is 18.7 Å². The highest BCUT2D eigenvalue weighted by Gasteiger charge is 2.27. The molecule has 9 aromatic carbocycles. The van der Waals surface area contributed by atoms with Gasteiger partial charge in [0.2, 0.25) is 0 Å². The lowest BCUT2D eigenvalue weighted by molar-refractivity contribution is -0.139. The van der Waals surface area contributed by atoms with Crippen LogP contribution < -0.4 is 23.7 Å². The number of aryl methyl sites for hydroxylation is 2. The summed E-state index contributed by atoms with van der Waals surface area (Å²) in [6.07, 6.45) is 16.3. The van der Waals surface area contributed by atoms with Crippen molar-refractivity contribution in [2.75, 3.05) is 76.7 Å². The van der Waals surface area contributed by atoms with Gasteiger partial charge in [0.1, 0.15) is 79.6 Å². The van der Waals surface area contributed by atoms with Gasteiger partial charge in [-0.2, -0.15) is 0 Å². The molecule has 0 bridgehead atoms. The van der Waals surface area contributed by atoms with Crippen molar-refractivity contribution in [2.24, 2.45) is 11.8 Å². The van der Waals surface area contributed by atoms with E-state index in [1.807, 2.05) is 90.3 Å². The average molecular weight is 2000 g/mol. The number of allylic oxidation sites excluding steroid dienone is 3. The molecule has 0 N–H and O–H groups in total. The van der Waals surface area contributed by atoms with E-state index in [0.29, 0.717) is 105 Å². The van der Waals surface area contributed by atoms with Gasteiger partial charge < -0.3 is 56.8 Å². The van der Waals surface area contributed by atoms with Gasteiger partial charge in [0, 0.05) is 48.6 Å². The second kappa shape index (κ2) is 68.3. The average Bonchev–Trinajstić information content (AvgIpc) is 1.87. The highest BCUT2D eigenvalue weighted by atomic mass is 35.5. The summed E-state index contributed by atoms with van der Waals surface area (Å²) >= 11 is 11.3. The molecule has 0 radical (unpaired) electrons. The molecule has 1 heterocycles. The van der Waals surface area contributed by atoms with Crippen molar-refractivity contribution in [1.29, 1.82) is 0 Å². The van der Waals surface area contributed by atoms with Crippen molar-refractivity contribution < 1.29 is 66.4 Å². The van der Waals surface area contributed by atoms with Crippen LogP contribution in [0.1, 0.15) is 283 Å². The predicted molar refractivity (Wildman–Crippen MR) is 595 cm³/mol. The normalized spacial score (nSPS) is 13.8. The molecule has 18 heteroatoms. The highest BCUT2D eigenvalue weighted by Crippen LogP contribution is 2.33. The Morgan fingerprint density at radius 2 is 0.745 bits per heavy atom. The van der Waals surface area contributed by atoms with Crippen LogP contribution in [-0.4, -0.2) is 137 Å². The zero-order chi connectivity index (χ0) is 103. The number of halogens is 1. The summed E-state index contributed by atoms with van der Waals surface area (Å²) in [5.41, 5.74) is 12.4. The van der Waals surface area contributed by atoms with Crippen molar-refractivity contribution in [3.05, 3.63) is 327 Å². The number of hydrogen-bond donors (Lipinski definition) is 0. The molecule has 1 saturated carbocycles. The van der Waals surface area contributed by atoms with Crippen LogP contribution in [-0.2, 0) is 55.6 Å². The molecule has 1 saturated heterocycles. The fourth-order valence-electron chi connectivity index (χ4n) is 13.7. The number of hydrogen-bond acceptors (Lipinski definition) is 17. The maximum Gasteiger partial charge on any atom is 0.333 e. The van der Waals surface area contributed by atoms with Crippen LogP contribution in [0.5, 0.6) is 28.7 Å². The minimum absolute atomic E-state index is 0.0328. The van der Waals surface area contributed by atoms with E-state index in [-0.39, 0.29) is 54.7 Å². The Bertz CT molecular complexity index is 4910. The fourth-order valence-corrected chi connectivity index (χ4v) is 16.6. The van der Waals surface area contributed by atoms with E-state index in [9.17, 15) is 9.59 Å². The smallest absolute Gasteiger partial charge is 0.333 e. The number of esters is 2. The topological polar surface area (TPSA) is 148 Å². The van der Waals surface area contributed by atoms with Crippen molar-refractivity contribution in [3.63, 3.8) is 0 Å². The Kier molecular flexibility index (Phi) is 58.5. The summed E-state index contributed by atoms with van der Waals surface area (Å²) in [6, 6.07) is 77.4. The summed E-state index contributed by atoms with van der Waals surface area (Å²) in [7, 11) is 0. The van der Waals surface area contributed by atoms with E-state index >= 15 is 0 Å². The molecule has 0 aromatic heterocycles. The molecule has 0 spiro atoms. The number of carbonyl (C=O) groups is 2. The Morgan fingerprint density at radius 3 is 1.06 bits per heavy atom. The molecule has 2 aliphatic carbocycles. The number of benzene rings is 9. The van der Waals surface area contributed by atoms with E-state index in [0.717, 1.165) is 102 Å². The third-order valence-corrected chi connectivity index (χ3v) is 26.5. The van der Waals surface area contributed by atoms with Crippen molar-refractivity contribution in [2.45, 2.75) is 304 Å². The van der Waals surface area contributed by atoms with E-state index < -0.39 is 0 Å². The van der Waals surface area contributed by atoms with Crippen LogP contribution in [0.4, 0.5) is 0 Å². The standard InChI is InChI=1S/C21H27ClO2S.C21H28O2S.C20H28O2S.C17H26O3.C16H22O2.C15H20O2.C13H18O/c1-15(2)17-5-9-19(10-6-17)23-13-20(24-16(3)4)14-25-21-11-7-18(22)8-12-21;1-16(2)18-10-12-19(13-11-18)22-14-20(23-17(3)4)15-24-21-8-6-5-7-9-21;1-15(2)17-9-11-18(12-10-17)21-13-19(22-16(3)4)14-23-20-7-5-6-8-20;1-12(2)14-5-7-15(8-6-14)19-11-17(13(3)4)20-10-16-9-18-16;1-12(2)15-9-7-14(8-10-15)6-5-11-18-16(17)13(3)4;1-4-15(16)17-11-5-6-13-7-9-14(10-8-13)12(2)3;1-10(2)12-5-7-13(8-6-12)14-9-11-3-4-11/h5-12,15-16,20H,13-14H2,1-4H3;5-13,16-17,20H,14-15H2,1-4H3;5,7-12,15-16,19H,6,13-14H2,1-4H3;5-8,12-13,16-17H,9-11H2,1-4H3;7-10,12H,3,5-6,11H2,1-2,4H3;4,7-10,12H,1,5-6,11H2,2-3H3;5-8,10-11H,3-4,9H2,1-2H3. The highest BCUT2D eigenvalue weighted by molar-refractivity contribution is 8.03. The van der Waals surface area contributed by atoms with Gasteiger partial charge in [-0.25, -0.2) is 9.59 Å². The first kappa shape index (κ1) is 121. The lowest BCUT2D eigenvalue weighted by atomic mass is 10.0. The van der Waals surface area contributed by atoms with Gasteiger partial charge >= 0.3 is 11.9 Å². The molecular weight excluding hydrogens is 1830 g/mol. The summed E-state index contributed by atoms with van der Waals surface area (Å²) < 4.78 is 68.4. The van der Waals surface area contributed by atoms with E-state index in [1.165, 1.54) is 83.7 Å². The zero-order valence-corrected chi connectivity index (χ0v) is 92.4. The summed E-state index contributed by atoms with van der Waals surface area (Å²) in [5, 5.41) is 0.757. The van der Waals surface area contributed by atoms with E-state index in [2.05, 4.69) is 341 Å². The van der Waals surface area contributed by atoms with Crippen molar-refractivity contribution in [1.82, 2.24) is 0 Å². The van der Waals surface area contributed by atoms with E-state index in [4.69, 9.17) is 68.4 Å². The van der Waals surface area contributed by atoms with Crippen molar-refractivity contribution >= 4 is 58.8 Å². The minimum atomic E-state index is -0.347. The lowest BCUT2D eigenvalue weighted by Crippen LogP contribution is -2.28. The number of carbonyl (C=O) groups excluding carboxylic acids is 2. The second-order valence-corrected chi connectivity index (χ2v) is 43.1. The quantitative estimate of drug-likeness (QED) is 0.0117. The Morgan fingerprint density at radius 1 is 0.411 bits per heavy atom. The maximum absolute atomic E-state index is 11.2. The Labute approximate surface area is 868 Å². The summed E-state index contributed by atoms with van der Waals surface area (Å²) in [6.45, 7) is 61.6. The number of ether oxygens (including phenoxy) is 12. The molecule has 5 unspecified atom stereocenters. The minimum Gasteiger partial charge on any atom is -0.493 e. The fraction of sp³-hybridized carbons (Fsp3) is 0.480. The molecule has 5 atom stereocenters. The van der Waals surface area contributed by atoms with Gasteiger partial charge in [0.05, 0.1) is 57.5 Å². The zero-order valence-electron chi connectivity index (χ0n) is 89.2.